The number of alkyl halides is 2. The molecule has 0 aliphatic rings. The van der Waals surface area contributed by atoms with Gasteiger partial charge in [0.1, 0.15) is 5.75 Å². The van der Waals surface area contributed by atoms with Crippen molar-refractivity contribution in [3.63, 3.8) is 0 Å². The van der Waals surface area contributed by atoms with Gasteiger partial charge in [0.2, 0.25) is 0 Å². The normalized spacial score (nSPS) is 10.3. The van der Waals surface area contributed by atoms with Crippen LogP contribution in [0.2, 0.25) is 0 Å². The zero-order chi connectivity index (χ0) is 9.14. The van der Waals surface area contributed by atoms with Crippen molar-refractivity contribution in [1.82, 2.24) is 0 Å². The van der Waals surface area contributed by atoms with Crippen LogP contribution in [-0.4, -0.2) is 6.61 Å². The molecule has 2 nitrogen and oxygen atoms in total. The van der Waals surface area contributed by atoms with E-state index >= 15 is 0 Å². The minimum absolute atomic E-state index is 0.0237. The van der Waals surface area contributed by atoms with Gasteiger partial charge in [0.25, 0.3) is 0 Å². The van der Waals surface area contributed by atoms with E-state index in [0.29, 0.717) is 0 Å². The first-order chi connectivity index (χ1) is 5.59. The Kier molecular flexibility index (Phi) is 2.47. The second-order valence-electron chi connectivity index (χ2n) is 2.42. The van der Waals surface area contributed by atoms with Crippen molar-refractivity contribution < 1.29 is 13.5 Å². The molecule has 0 aliphatic carbocycles. The fourth-order valence-electron chi connectivity index (χ4n) is 0.871. The Morgan fingerprint density at radius 1 is 1.42 bits per heavy atom. The topological polar surface area (TPSA) is 35.2 Å². The first-order valence-corrected chi connectivity index (χ1v) is 3.40. The van der Waals surface area contributed by atoms with Crippen LogP contribution in [0.1, 0.15) is 5.56 Å². The predicted molar refractivity (Wildman–Crippen MR) is 42.2 cm³/mol. The number of nitrogens with two attached hydrogens (primary N) is 1. The molecule has 0 saturated carbocycles. The minimum atomic E-state index is -2.82. The molecule has 4 heteroatoms. The maximum absolute atomic E-state index is 11.7. The molecule has 0 fully saturated rings. The van der Waals surface area contributed by atoms with Gasteiger partial charge in [0.05, 0.1) is 5.69 Å². The lowest BCUT2D eigenvalue weighted by atomic mass is 10.2. The third-order valence-corrected chi connectivity index (χ3v) is 1.38. The van der Waals surface area contributed by atoms with Crippen LogP contribution in [0.5, 0.6) is 5.75 Å². The summed E-state index contributed by atoms with van der Waals surface area (Å²) in [6.07, 6.45) is 0. The smallest absolute Gasteiger partial charge is 0.387 e. The summed E-state index contributed by atoms with van der Waals surface area (Å²) in [5.41, 5.74) is 6.55. The van der Waals surface area contributed by atoms with Crippen LogP contribution < -0.4 is 10.5 Å². The molecule has 2 N–H and O–H groups in total. The van der Waals surface area contributed by atoms with Gasteiger partial charge in [-0.05, 0) is 24.6 Å². The standard InChI is InChI=1S/C8H9F2NO/c1-5-2-3-7(6(11)4-5)12-8(9)10/h2-4,8H,11H2,1H3. The maximum atomic E-state index is 11.7. The highest BCUT2D eigenvalue weighted by molar-refractivity contribution is 5.53. The zero-order valence-electron chi connectivity index (χ0n) is 6.55. The van der Waals surface area contributed by atoms with Gasteiger partial charge in [0, 0.05) is 0 Å². The third-order valence-electron chi connectivity index (χ3n) is 1.38. The fourth-order valence-corrected chi connectivity index (χ4v) is 0.871. The van der Waals surface area contributed by atoms with Crippen LogP contribution in [-0.2, 0) is 0 Å². The molecular weight excluding hydrogens is 164 g/mol. The number of benzene rings is 1. The van der Waals surface area contributed by atoms with Gasteiger partial charge in [-0.25, -0.2) is 0 Å². The summed E-state index contributed by atoms with van der Waals surface area (Å²) in [5.74, 6) is 0.0237. The van der Waals surface area contributed by atoms with E-state index < -0.39 is 6.61 Å². The van der Waals surface area contributed by atoms with Crippen molar-refractivity contribution in [2.45, 2.75) is 13.5 Å². The lowest BCUT2D eigenvalue weighted by Crippen LogP contribution is -2.04. The van der Waals surface area contributed by atoms with E-state index in [2.05, 4.69) is 4.74 Å². The van der Waals surface area contributed by atoms with E-state index in [1.807, 2.05) is 6.92 Å². The van der Waals surface area contributed by atoms with E-state index in [4.69, 9.17) is 5.73 Å². The fraction of sp³-hybridized carbons (Fsp3) is 0.250. The van der Waals surface area contributed by atoms with Gasteiger partial charge in [-0.2, -0.15) is 8.78 Å². The first-order valence-electron chi connectivity index (χ1n) is 3.40. The lowest BCUT2D eigenvalue weighted by Gasteiger charge is -2.07. The van der Waals surface area contributed by atoms with Crippen molar-refractivity contribution in [1.29, 1.82) is 0 Å². The average Bonchev–Trinajstić information content (AvgIpc) is 1.94. The number of ether oxygens (including phenoxy) is 1. The molecule has 0 amide bonds. The van der Waals surface area contributed by atoms with E-state index in [0.717, 1.165) is 5.56 Å². The molecule has 0 atom stereocenters. The van der Waals surface area contributed by atoms with Gasteiger partial charge in [0.15, 0.2) is 0 Å². The quantitative estimate of drug-likeness (QED) is 0.695. The van der Waals surface area contributed by atoms with E-state index in [9.17, 15) is 8.78 Å². The predicted octanol–water partition coefficient (Wildman–Crippen LogP) is 2.18. The zero-order valence-corrected chi connectivity index (χ0v) is 6.55. The van der Waals surface area contributed by atoms with Crippen LogP contribution in [0.3, 0.4) is 0 Å². The molecule has 0 bridgehead atoms. The molecule has 0 spiro atoms. The van der Waals surface area contributed by atoms with Crippen molar-refractivity contribution in [2.24, 2.45) is 0 Å². The van der Waals surface area contributed by atoms with Gasteiger partial charge < -0.3 is 10.5 Å². The molecule has 1 rings (SSSR count). The Bertz CT molecular complexity index is 276. The molecule has 1 aromatic carbocycles. The van der Waals surface area contributed by atoms with Crippen molar-refractivity contribution in [3.05, 3.63) is 23.8 Å². The molecule has 0 unspecified atom stereocenters. The molecule has 66 valence electrons. The number of nitrogen functional groups attached to an aromatic ring is 1. The van der Waals surface area contributed by atoms with Crippen LogP contribution in [0.15, 0.2) is 18.2 Å². The molecule has 12 heavy (non-hydrogen) atoms. The SMILES string of the molecule is Cc1ccc(OC(F)F)c(N)c1. The molecule has 0 saturated heterocycles. The number of rotatable bonds is 2. The number of aryl methyl sites for hydroxylation is 1. The summed E-state index contributed by atoms with van der Waals surface area (Å²) in [4.78, 5) is 0. The molecule has 0 aromatic heterocycles. The Morgan fingerprint density at radius 3 is 2.58 bits per heavy atom. The van der Waals surface area contributed by atoms with E-state index in [1.54, 1.807) is 12.1 Å². The van der Waals surface area contributed by atoms with Gasteiger partial charge >= 0.3 is 6.61 Å². The molecular formula is C8H9F2NO. The van der Waals surface area contributed by atoms with Crippen molar-refractivity contribution in [3.8, 4) is 5.75 Å². The van der Waals surface area contributed by atoms with Crippen LogP contribution >= 0.6 is 0 Å². The molecule has 1 aromatic rings. The first kappa shape index (κ1) is 8.77. The summed E-state index contributed by atoms with van der Waals surface area (Å²) in [7, 11) is 0. The summed E-state index contributed by atoms with van der Waals surface area (Å²) >= 11 is 0. The Labute approximate surface area is 68.9 Å². The van der Waals surface area contributed by atoms with Crippen LogP contribution in [0.4, 0.5) is 14.5 Å². The summed E-state index contributed by atoms with van der Waals surface area (Å²) < 4.78 is 27.6. The average molecular weight is 173 g/mol. The highest BCUT2D eigenvalue weighted by atomic mass is 19.3. The largest absolute Gasteiger partial charge is 0.433 e. The summed E-state index contributed by atoms with van der Waals surface area (Å²) in [6, 6.07) is 4.67. The summed E-state index contributed by atoms with van der Waals surface area (Å²) in [5, 5.41) is 0. The number of hydrogen-bond acceptors (Lipinski definition) is 2. The second-order valence-corrected chi connectivity index (χ2v) is 2.42. The number of halogens is 2. The summed E-state index contributed by atoms with van der Waals surface area (Å²) in [6.45, 7) is -1.00. The maximum Gasteiger partial charge on any atom is 0.387 e. The van der Waals surface area contributed by atoms with E-state index in [1.165, 1.54) is 6.07 Å². The third kappa shape index (κ3) is 2.08. The van der Waals surface area contributed by atoms with Gasteiger partial charge in [-0.3, -0.25) is 0 Å². The highest BCUT2D eigenvalue weighted by Crippen LogP contribution is 2.23. The van der Waals surface area contributed by atoms with Crippen LogP contribution in [0, 0.1) is 6.92 Å². The Balaban J connectivity index is 2.86. The van der Waals surface area contributed by atoms with E-state index in [-0.39, 0.29) is 11.4 Å². The monoisotopic (exact) mass is 173 g/mol. The van der Waals surface area contributed by atoms with Crippen LogP contribution in [0.25, 0.3) is 0 Å². The molecule has 0 aliphatic heterocycles. The number of hydrogen-bond donors (Lipinski definition) is 1. The molecule has 0 heterocycles. The minimum Gasteiger partial charge on any atom is -0.433 e. The van der Waals surface area contributed by atoms with Crippen molar-refractivity contribution >= 4 is 5.69 Å². The lowest BCUT2D eigenvalue weighted by molar-refractivity contribution is -0.0493. The second kappa shape index (κ2) is 3.38. The number of anilines is 1. The van der Waals surface area contributed by atoms with Crippen molar-refractivity contribution in [2.75, 3.05) is 5.73 Å². The van der Waals surface area contributed by atoms with Gasteiger partial charge in [-0.1, -0.05) is 6.07 Å². The Morgan fingerprint density at radius 2 is 2.08 bits per heavy atom. The Hall–Kier alpha value is -1.32. The highest BCUT2D eigenvalue weighted by Gasteiger charge is 2.06. The van der Waals surface area contributed by atoms with Gasteiger partial charge in [-0.15, -0.1) is 0 Å². The molecule has 0 radical (unpaired) electrons.